The number of hydrogen-bond acceptors (Lipinski definition) is 2. The van der Waals surface area contributed by atoms with Gasteiger partial charge in [0.15, 0.2) is 0 Å². The third-order valence-electron chi connectivity index (χ3n) is 3.05. The summed E-state index contributed by atoms with van der Waals surface area (Å²) in [6.45, 7) is 13.6. The number of carbonyl (C=O) groups is 1. The lowest BCUT2D eigenvalue weighted by Gasteiger charge is -2.43. The number of carbonyl (C=O) groups excluding carboxylic acids is 1. The number of hydrogen-bond donors (Lipinski definition) is 1. The summed E-state index contributed by atoms with van der Waals surface area (Å²) >= 11 is 0. The fourth-order valence-electron chi connectivity index (χ4n) is 1.94. The number of nitrogens with two attached hydrogens (primary N) is 1. The first-order valence-corrected chi connectivity index (χ1v) is 5.62. The topological polar surface area (TPSA) is 46.3 Å². The molecular formula is C11H24N3O+. The predicted octanol–water partition coefficient (Wildman–Crippen LogP) is 0.751. The van der Waals surface area contributed by atoms with E-state index in [9.17, 15) is 4.79 Å². The molecule has 0 spiro atoms. The number of quaternary nitrogens is 1. The first-order chi connectivity index (χ1) is 7.11. The summed E-state index contributed by atoms with van der Waals surface area (Å²) in [5.41, 5.74) is 5.54. The van der Waals surface area contributed by atoms with Crippen molar-refractivity contribution in [2.45, 2.75) is 20.8 Å². The molecule has 0 aromatic carbocycles. The minimum absolute atomic E-state index is 0.0361. The van der Waals surface area contributed by atoms with Crippen LogP contribution in [0.2, 0.25) is 0 Å². The van der Waals surface area contributed by atoms with Crippen LogP contribution in [0.15, 0.2) is 12.7 Å². The first-order valence-electron chi connectivity index (χ1n) is 5.62. The van der Waals surface area contributed by atoms with Crippen LogP contribution in [0.1, 0.15) is 20.8 Å². The third kappa shape index (κ3) is 3.04. The van der Waals surface area contributed by atoms with Gasteiger partial charge in [-0.3, -0.25) is 4.79 Å². The van der Waals surface area contributed by atoms with Gasteiger partial charge in [0.25, 0.3) is 5.91 Å². The molecule has 0 fully saturated rings. The van der Waals surface area contributed by atoms with Gasteiger partial charge in [-0.25, -0.2) is 4.59 Å². The fourth-order valence-corrected chi connectivity index (χ4v) is 1.94. The summed E-state index contributed by atoms with van der Waals surface area (Å²) < 4.78 is 0.655. The smallest absolute Gasteiger partial charge is 0.290 e. The monoisotopic (exact) mass is 214 g/mol. The molecule has 0 radical (unpaired) electrons. The third-order valence-corrected chi connectivity index (χ3v) is 3.05. The van der Waals surface area contributed by atoms with Gasteiger partial charge in [-0.1, -0.05) is 6.58 Å². The van der Waals surface area contributed by atoms with Gasteiger partial charge >= 0.3 is 0 Å². The van der Waals surface area contributed by atoms with Crippen molar-refractivity contribution < 1.29 is 9.39 Å². The van der Waals surface area contributed by atoms with E-state index >= 15 is 0 Å². The Kier molecular flexibility index (Phi) is 6.20. The molecule has 4 nitrogen and oxygen atoms in total. The molecule has 4 heteroatoms. The molecule has 1 amide bonds. The van der Waals surface area contributed by atoms with Crippen LogP contribution in [0.5, 0.6) is 0 Å². The zero-order valence-corrected chi connectivity index (χ0v) is 10.2. The zero-order chi connectivity index (χ0) is 11.9. The Labute approximate surface area is 92.9 Å². The van der Waals surface area contributed by atoms with E-state index in [4.69, 9.17) is 5.73 Å². The summed E-state index contributed by atoms with van der Waals surface area (Å²) in [6, 6.07) is 0. The second-order valence-corrected chi connectivity index (χ2v) is 3.50. The van der Waals surface area contributed by atoms with E-state index in [2.05, 4.69) is 27.4 Å². The molecule has 0 heterocycles. The minimum Gasteiger partial charge on any atom is -0.329 e. The molecule has 0 saturated heterocycles. The highest BCUT2D eigenvalue weighted by Crippen LogP contribution is 2.12. The van der Waals surface area contributed by atoms with E-state index < -0.39 is 0 Å². The molecule has 15 heavy (non-hydrogen) atoms. The van der Waals surface area contributed by atoms with E-state index in [1.807, 2.05) is 5.01 Å². The van der Waals surface area contributed by atoms with Crippen molar-refractivity contribution in [3.8, 4) is 0 Å². The Morgan fingerprint density at radius 1 is 1.33 bits per heavy atom. The Hall–Kier alpha value is -0.870. The van der Waals surface area contributed by atoms with Gasteiger partial charge in [-0.2, -0.15) is 5.01 Å². The number of nitrogens with zero attached hydrogens (tertiary/aromatic N) is 2. The lowest BCUT2D eigenvalue weighted by atomic mass is 10.4. The van der Waals surface area contributed by atoms with Crippen LogP contribution in [0, 0.1) is 0 Å². The highest BCUT2D eigenvalue weighted by atomic mass is 16.2. The maximum Gasteiger partial charge on any atom is 0.290 e. The Morgan fingerprint density at radius 3 is 2.07 bits per heavy atom. The van der Waals surface area contributed by atoms with Gasteiger partial charge in [-0.05, 0) is 20.8 Å². The molecule has 0 aromatic heterocycles. The lowest BCUT2D eigenvalue weighted by Crippen LogP contribution is -2.62. The molecule has 2 N–H and O–H groups in total. The van der Waals surface area contributed by atoms with Crippen LogP contribution in [-0.2, 0) is 4.79 Å². The molecule has 0 unspecified atom stereocenters. The molecular weight excluding hydrogens is 190 g/mol. The van der Waals surface area contributed by atoms with Gasteiger partial charge in [0, 0.05) is 12.6 Å². The summed E-state index contributed by atoms with van der Waals surface area (Å²) in [6.07, 6.45) is 1.36. The molecule has 0 aromatic rings. The Morgan fingerprint density at radius 2 is 1.80 bits per heavy atom. The van der Waals surface area contributed by atoms with Crippen LogP contribution in [0.25, 0.3) is 0 Å². The van der Waals surface area contributed by atoms with Crippen molar-refractivity contribution in [3.63, 3.8) is 0 Å². The van der Waals surface area contributed by atoms with E-state index in [1.54, 1.807) is 0 Å². The predicted molar refractivity (Wildman–Crippen MR) is 62.8 cm³/mol. The second kappa shape index (κ2) is 6.58. The maximum atomic E-state index is 11.8. The summed E-state index contributed by atoms with van der Waals surface area (Å²) in [7, 11) is 0. The molecule has 0 saturated carbocycles. The van der Waals surface area contributed by atoms with E-state index in [0.29, 0.717) is 17.7 Å². The van der Waals surface area contributed by atoms with Crippen LogP contribution in [-0.4, -0.2) is 48.2 Å². The molecule has 0 aliphatic heterocycles. The van der Waals surface area contributed by atoms with Gasteiger partial charge in [0.05, 0.1) is 26.2 Å². The molecule has 0 atom stereocenters. The molecule has 88 valence electrons. The quantitative estimate of drug-likeness (QED) is 0.386. The van der Waals surface area contributed by atoms with Crippen LogP contribution >= 0.6 is 0 Å². The highest BCUT2D eigenvalue weighted by Gasteiger charge is 2.32. The molecule has 0 rings (SSSR count). The van der Waals surface area contributed by atoms with Gasteiger partial charge in [0.2, 0.25) is 0 Å². The van der Waals surface area contributed by atoms with Crippen LogP contribution in [0.3, 0.4) is 0 Å². The van der Waals surface area contributed by atoms with Crippen molar-refractivity contribution >= 4 is 5.91 Å². The summed E-state index contributed by atoms with van der Waals surface area (Å²) in [4.78, 5) is 11.8. The van der Waals surface area contributed by atoms with Crippen molar-refractivity contribution in [2.75, 3.05) is 32.7 Å². The summed E-state index contributed by atoms with van der Waals surface area (Å²) in [5, 5.41) is 1.81. The minimum atomic E-state index is -0.0361. The fraction of sp³-hybridized carbons (Fsp3) is 0.727. The van der Waals surface area contributed by atoms with Crippen molar-refractivity contribution in [2.24, 2.45) is 5.73 Å². The van der Waals surface area contributed by atoms with Crippen molar-refractivity contribution in [1.29, 1.82) is 0 Å². The van der Waals surface area contributed by atoms with Gasteiger partial charge < -0.3 is 5.73 Å². The van der Waals surface area contributed by atoms with Gasteiger partial charge in [-0.15, -0.1) is 0 Å². The van der Waals surface area contributed by atoms with Gasteiger partial charge in [0.1, 0.15) is 0 Å². The Balaban J connectivity index is 4.98. The second-order valence-electron chi connectivity index (χ2n) is 3.50. The first kappa shape index (κ1) is 14.1. The molecule has 0 aliphatic carbocycles. The SMILES string of the molecule is C=CC(=O)N(CCN)[N+](CC)(CC)CC. The largest absolute Gasteiger partial charge is 0.329 e. The standard InChI is InChI=1S/C11H24N3O/c1-5-11(15)13(10-9-12)14(6-2,7-3)8-4/h5H,1,6-10,12H2,2-4H3/q+1. The molecule has 0 aliphatic rings. The average molecular weight is 214 g/mol. The Bertz CT molecular complexity index is 204. The number of rotatable bonds is 7. The van der Waals surface area contributed by atoms with E-state index in [0.717, 1.165) is 19.6 Å². The van der Waals surface area contributed by atoms with E-state index in [-0.39, 0.29) is 5.91 Å². The maximum absolute atomic E-state index is 11.8. The van der Waals surface area contributed by atoms with Crippen molar-refractivity contribution in [1.82, 2.24) is 5.01 Å². The number of amides is 1. The van der Waals surface area contributed by atoms with Crippen molar-refractivity contribution in [3.05, 3.63) is 12.7 Å². The lowest BCUT2D eigenvalue weighted by molar-refractivity contribution is -1.02. The normalized spacial score (nSPS) is 11.2. The molecule has 0 bridgehead atoms. The summed E-state index contributed by atoms with van der Waals surface area (Å²) in [5.74, 6) is -0.0361. The van der Waals surface area contributed by atoms with Crippen LogP contribution < -0.4 is 5.73 Å². The highest BCUT2D eigenvalue weighted by molar-refractivity contribution is 5.86. The average Bonchev–Trinajstić information content (AvgIpc) is 2.29. The zero-order valence-electron chi connectivity index (χ0n) is 10.2. The van der Waals surface area contributed by atoms with E-state index in [1.165, 1.54) is 6.08 Å². The van der Waals surface area contributed by atoms with Crippen LogP contribution in [0.4, 0.5) is 0 Å².